The third kappa shape index (κ3) is 3.26. The van der Waals surface area contributed by atoms with Crippen molar-refractivity contribution in [3.63, 3.8) is 0 Å². The molecule has 0 aliphatic carbocycles. The van der Waals surface area contributed by atoms with Crippen LogP contribution in [0, 0.1) is 6.92 Å². The fraction of sp³-hybridized carbons (Fsp3) is 0.647. The summed E-state index contributed by atoms with van der Waals surface area (Å²) in [5.74, 6) is 1.69. The minimum absolute atomic E-state index is 0.386. The Bertz CT molecular complexity index is 716. The fourth-order valence-electron chi connectivity index (χ4n) is 3.73. The third-order valence-electron chi connectivity index (χ3n) is 4.79. The van der Waals surface area contributed by atoms with E-state index in [4.69, 9.17) is 4.74 Å². The number of β-amino-alcohol motifs (C(OH)–C–C–N with tert-alkyl or cyclic N) is 1. The number of fused-ring (bicyclic) bond motifs is 1. The Kier molecular flexibility index (Phi) is 4.42. The molecule has 7 heteroatoms. The van der Waals surface area contributed by atoms with Gasteiger partial charge in [-0.25, -0.2) is 9.97 Å². The summed E-state index contributed by atoms with van der Waals surface area (Å²) in [6.07, 6.45) is 2.45. The summed E-state index contributed by atoms with van der Waals surface area (Å²) >= 11 is 1.63. The molecule has 2 aromatic heterocycles. The number of likely N-dealkylation sites (tertiary alicyclic amines) is 1. The predicted octanol–water partition coefficient (Wildman–Crippen LogP) is 1.66. The second kappa shape index (κ2) is 6.55. The van der Waals surface area contributed by atoms with Crippen molar-refractivity contribution < 1.29 is 9.84 Å². The molecule has 2 saturated heterocycles. The van der Waals surface area contributed by atoms with Gasteiger partial charge in [0.2, 0.25) is 0 Å². The molecule has 4 rings (SSSR count). The van der Waals surface area contributed by atoms with Crippen molar-refractivity contribution in [2.45, 2.75) is 25.4 Å². The van der Waals surface area contributed by atoms with E-state index < -0.39 is 5.60 Å². The maximum absolute atomic E-state index is 11.2. The Balaban J connectivity index is 1.62. The molecule has 1 N–H and O–H groups in total. The number of rotatable bonds is 3. The Labute approximate surface area is 146 Å². The van der Waals surface area contributed by atoms with Crippen LogP contribution < -0.4 is 4.90 Å². The molecular formula is C17H24N4O2S. The Morgan fingerprint density at radius 1 is 1.29 bits per heavy atom. The summed E-state index contributed by atoms with van der Waals surface area (Å²) in [7, 11) is 0. The molecule has 0 bridgehead atoms. The first kappa shape index (κ1) is 16.2. The maximum Gasteiger partial charge on any atom is 0.141 e. The SMILES string of the molecule is Cc1nc(N2CCOC[C@@](O)(CN3CCCC3)C2)c2ccsc2n1. The zero-order chi connectivity index (χ0) is 16.6. The van der Waals surface area contributed by atoms with Gasteiger partial charge in [0.15, 0.2) is 0 Å². The van der Waals surface area contributed by atoms with Crippen LogP contribution in [0.3, 0.4) is 0 Å². The molecule has 130 valence electrons. The van der Waals surface area contributed by atoms with E-state index in [9.17, 15) is 5.11 Å². The van der Waals surface area contributed by atoms with Crippen LogP contribution in [0.2, 0.25) is 0 Å². The van der Waals surface area contributed by atoms with Crippen molar-refractivity contribution in [1.29, 1.82) is 0 Å². The Morgan fingerprint density at radius 2 is 2.12 bits per heavy atom. The molecule has 0 radical (unpaired) electrons. The van der Waals surface area contributed by atoms with Gasteiger partial charge in [0.25, 0.3) is 0 Å². The molecule has 2 aliphatic heterocycles. The minimum atomic E-state index is -0.859. The van der Waals surface area contributed by atoms with Gasteiger partial charge in [0.1, 0.15) is 22.1 Å². The highest BCUT2D eigenvalue weighted by atomic mass is 32.1. The van der Waals surface area contributed by atoms with Crippen molar-refractivity contribution in [1.82, 2.24) is 14.9 Å². The number of anilines is 1. The van der Waals surface area contributed by atoms with Crippen molar-refractivity contribution in [3.8, 4) is 0 Å². The number of hydrogen-bond acceptors (Lipinski definition) is 7. The van der Waals surface area contributed by atoms with E-state index in [0.717, 1.165) is 41.5 Å². The molecule has 24 heavy (non-hydrogen) atoms. The largest absolute Gasteiger partial charge is 0.384 e. The second-order valence-corrected chi connectivity index (χ2v) is 7.81. The average molecular weight is 348 g/mol. The van der Waals surface area contributed by atoms with Crippen molar-refractivity contribution in [2.75, 3.05) is 50.8 Å². The smallest absolute Gasteiger partial charge is 0.141 e. The number of thiophene rings is 1. The first-order valence-electron chi connectivity index (χ1n) is 8.62. The summed E-state index contributed by atoms with van der Waals surface area (Å²) in [4.78, 5) is 14.7. The lowest BCUT2D eigenvalue weighted by molar-refractivity contribution is -0.0439. The fourth-order valence-corrected chi connectivity index (χ4v) is 4.54. The van der Waals surface area contributed by atoms with Gasteiger partial charge >= 0.3 is 0 Å². The summed E-state index contributed by atoms with van der Waals surface area (Å²) in [5, 5.41) is 14.3. The van der Waals surface area contributed by atoms with Crippen molar-refractivity contribution in [3.05, 3.63) is 17.3 Å². The van der Waals surface area contributed by atoms with Crippen LogP contribution in [-0.4, -0.2) is 71.5 Å². The monoisotopic (exact) mass is 348 g/mol. The van der Waals surface area contributed by atoms with Crippen LogP contribution in [0.1, 0.15) is 18.7 Å². The molecule has 6 nitrogen and oxygen atoms in total. The molecule has 0 aromatic carbocycles. The van der Waals surface area contributed by atoms with Gasteiger partial charge in [0, 0.05) is 13.1 Å². The lowest BCUT2D eigenvalue weighted by Gasteiger charge is -2.34. The van der Waals surface area contributed by atoms with Crippen LogP contribution >= 0.6 is 11.3 Å². The topological polar surface area (TPSA) is 61.7 Å². The molecule has 0 saturated carbocycles. The van der Waals surface area contributed by atoms with Crippen LogP contribution in [-0.2, 0) is 4.74 Å². The highest BCUT2D eigenvalue weighted by Gasteiger charge is 2.36. The molecular weight excluding hydrogens is 324 g/mol. The van der Waals surface area contributed by atoms with Gasteiger partial charge in [-0.2, -0.15) is 0 Å². The molecule has 4 heterocycles. The standard InChI is InChI=1S/C17H24N4O2S/c1-13-18-15(14-4-9-24-16(14)19-13)21-7-8-23-12-17(22,11-21)10-20-5-2-3-6-20/h4,9,22H,2-3,5-8,10-12H2,1H3/t17-/m1/s1. The van der Waals surface area contributed by atoms with Gasteiger partial charge in [-0.15, -0.1) is 11.3 Å². The molecule has 2 fully saturated rings. The van der Waals surface area contributed by atoms with E-state index in [1.807, 2.05) is 12.3 Å². The summed E-state index contributed by atoms with van der Waals surface area (Å²) < 4.78 is 5.74. The van der Waals surface area contributed by atoms with E-state index in [0.29, 0.717) is 26.3 Å². The van der Waals surface area contributed by atoms with Crippen LogP contribution in [0.25, 0.3) is 10.2 Å². The first-order valence-corrected chi connectivity index (χ1v) is 9.50. The van der Waals surface area contributed by atoms with Crippen LogP contribution in [0.5, 0.6) is 0 Å². The average Bonchev–Trinajstić information content (AvgIpc) is 3.17. The number of aromatic nitrogens is 2. The van der Waals surface area contributed by atoms with E-state index in [2.05, 4.69) is 25.8 Å². The summed E-state index contributed by atoms with van der Waals surface area (Å²) in [6.45, 7) is 7.02. The third-order valence-corrected chi connectivity index (χ3v) is 5.60. The van der Waals surface area contributed by atoms with E-state index in [-0.39, 0.29) is 0 Å². The van der Waals surface area contributed by atoms with Gasteiger partial charge in [0.05, 0.1) is 25.1 Å². The lowest BCUT2D eigenvalue weighted by atomic mass is 10.0. The predicted molar refractivity (Wildman–Crippen MR) is 95.8 cm³/mol. The van der Waals surface area contributed by atoms with Crippen molar-refractivity contribution in [2.24, 2.45) is 0 Å². The summed E-state index contributed by atoms with van der Waals surface area (Å²) in [6, 6.07) is 2.07. The van der Waals surface area contributed by atoms with E-state index in [1.54, 1.807) is 11.3 Å². The van der Waals surface area contributed by atoms with Crippen LogP contribution in [0.15, 0.2) is 11.4 Å². The number of aryl methyl sites for hydroxylation is 1. The Hall–Kier alpha value is -1.28. The quantitative estimate of drug-likeness (QED) is 0.910. The Morgan fingerprint density at radius 3 is 2.96 bits per heavy atom. The molecule has 0 spiro atoms. The maximum atomic E-state index is 11.2. The second-order valence-electron chi connectivity index (χ2n) is 6.92. The highest BCUT2D eigenvalue weighted by Crippen LogP contribution is 2.30. The molecule has 2 aromatic rings. The number of nitrogens with zero attached hydrogens (tertiary/aromatic N) is 4. The lowest BCUT2D eigenvalue weighted by Crippen LogP contribution is -2.52. The number of ether oxygens (including phenoxy) is 1. The van der Waals surface area contributed by atoms with Gasteiger partial charge in [-0.3, -0.25) is 0 Å². The molecule has 0 unspecified atom stereocenters. The molecule has 0 amide bonds. The number of aliphatic hydroxyl groups is 1. The van der Waals surface area contributed by atoms with Crippen molar-refractivity contribution >= 4 is 27.4 Å². The normalized spacial score (nSPS) is 26.2. The van der Waals surface area contributed by atoms with E-state index >= 15 is 0 Å². The molecule has 1 atom stereocenters. The van der Waals surface area contributed by atoms with Gasteiger partial charge < -0.3 is 19.6 Å². The summed E-state index contributed by atoms with van der Waals surface area (Å²) in [5.41, 5.74) is -0.859. The highest BCUT2D eigenvalue weighted by molar-refractivity contribution is 7.16. The minimum Gasteiger partial charge on any atom is -0.384 e. The zero-order valence-electron chi connectivity index (χ0n) is 14.1. The molecule has 2 aliphatic rings. The number of hydrogen-bond donors (Lipinski definition) is 1. The van der Waals surface area contributed by atoms with E-state index in [1.165, 1.54) is 12.8 Å². The van der Waals surface area contributed by atoms with Gasteiger partial charge in [-0.05, 0) is 44.3 Å². The first-order chi connectivity index (χ1) is 11.6. The zero-order valence-corrected chi connectivity index (χ0v) is 14.9. The van der Waals surface area contributed by atoms with Crippen LogP contribution in [0.4, 0.5) is 5.82 Å². The van der Waals surface area contributed by atoms with Gasteiger partial charge in [-0.1, -0.05) is 0 Å².